The molecule has 0 aliphatic carbocycles. The molecular formula is C16H14BrF2NOS. The number of anilines is 1. The molecule has 0 aliphatic rings. The summed E-state index contributed by atoms with van der Waals surface area (Å²) in [5.74, 6) is -1.71. The van der Waals surface area contributed by atoms with Crippen LogP contribution >= 0.6 is 27.7 Å². The largest absolute Gasteiger partial charge is 0.322 e. The predicted molar refractivity (Wildman–Crippen MR) is 89.3 cm³/mol. The van der Waals surface area contributed by atoms with Crippen molar-refractivity contribution in [1.82, 2.24) is 0 Å². The lowest BCUT2D eigenvalue weighted by Crippen LogP contribution is -2.15. The Hall–Kier alpha value is -1.40. The van der Waals surface area contributed by atoms with Gasteiger partial charge >= 0.3 is 0 Å². The van der Waals surface area contributed by atoms with Gasteiger partial charge in [-0.1, -0.05) is 17.7 Å². The molecule has 0 aliphatic heterocycles. The first-order valence-electron chi connectivity index (χ1n) is 6.51. The summed E-state index contributed by atoms with van der Waals surface area (Å²) in [5.41, 5.74) is 2.14. The van der Waals surface area contributed by atoms with Crippen LogP contribution < -0.4 is 5.32 Å². The third-order valence-corrected chi connectivity index (χ3v) is 4.76. The van der Waals surface area contributed by atoms with Crippen molar-refractivity contribution in [2.45, 2.75) is 18.7 Å². The van der Waals surface area contributed by atoms with Crippen LogP contribution in [0.4, 0.5) is 14.5 Å². The Morgan fingerprint density at radius 1 is 1.23 bits per heavy atom. The third-order valence-electron chi connectivity index (χ3n) is 2.97. The molecule has 0 saturated carbocycles. The number of rotatable bonds is 4. The van der Waals surface area contributed by atoms with Gasteiger partial charge in [-0.2, -0.15) is 0 Å². The van der Waals surface area contributed by atoms with E-state index in [1.54, 1.807) is 0 Å². The van der Waals surface area contributed by atoms with Crippen molar-refractivity contribution in [3.8, 4) is 0 Å². The Bertz CT molecular complexity index is 698. The van der Waals surface area contributed by atoms with Crippen molar-refractivity contribution in [1.29, 1.82) is 0 Å². The zero-order valence-corrected chi connectivity index (χ0v) is 14.4. The molecule has 0 bridgehead atoms. The second-order valence-electron chi connectivity index (χ2n) is 4.85. The summed E-state index contributed by atoms with van der Waals surface area (Å²) in [6, 6.07) is 7.84. The first kappa shape index (κ1) is 17.0. The number of halogens is 3. The Balaban J connectivity index is 2.03. The first-order chi connectivity index (χ1) is 10.4. The fourth-order valence-corrected chi connectivity index (χ4v) is 3.27. The highest BCUT2D eigenvalue weighted by molar-refractivity contribution is 9.10. The van der Waals surface area contributed by atoms with Gasteiger partial charge in [-0.25, -0.2) is 8.78 Å². The highest BCUT2D eigenvalue weighted by atomic mass is 79.9. The van der Waals surface area contributed by atoms with Gasteiger partial charge in [0.05, 0.1) is 11.4 Å². The zero-order valence-electron chi connectivity index (χ0n) is 12.0. The fourth-order valence-electron chi connectivity index (χ4n) is 1.84. The molecule has 0 heterocycles. The van der Waals surface area contributed by atoms with Crippen molar-refractivity contribution in [2.24, 2.45) is 0 Å². The average Bonchev–Trinajstić information content (AvgIpc) is 2.44. The Kier molecular flexibility index (Phi) is 5.58. The molecule has 0 aromatic heterocycles. The van der Waals surface area contributed by atoms with E-state index in [-0.39, 0.29) is 21.8 Å². The van der Waals surface area contributed by atoms with Crippen molar-refractivity contribution in [2.75, 3.05) is 11.1 Å². The number of hydrogen-bond acceptors (Lipinski definition) is 2. The van der Waals surface area contributed by atoms with E-state index in [2.05, 4.69) is 21.2 Å². The van der Waals surface area contributed by atoms with E-state index in [0.717, 1.165) is 28.2 Å². The van der Waals surface area contributed by atoms with Crippen LogP contribution in [0.5, 0.6) is 0 Å². The van der Waals surface area contributed by atoms with Gasteiger partial charge in [0.2, 0.25) is 5.91 Å². The number of benzene rings is 2. The molecule has 0 atom stereocenters. The molecule has 2 aromatic rings. The highest BCUT2D eigenvalue weighted by Gasteiger charge is 2.13. The second kappa shape index (κ2) is 7.24. The maximum atomic E-state index is 13.7. The molecule has 0 spiro atoms. The summed E-state index contributed by atoms with van der Waals surface area (Å²) in [6.07, 6.45) is 0. The second-order valence-corrected chi connectivity index (χ2v) is 6.72. The minimum absolute atomic E-state index is 0.0482. The molecule has 2 rings (SSSR count). The quantitative estimate of drug-likeness (QED) is 0.743. The lowest BCUT2D eigenvalue weighted by molar-refractivity contribution is -0.113. The molecule has 22 heavy (non-hydrogen) atoms. The third kappa shape index (κ3) is 4.30. The zero-order chi connectivity index (χ0) is 16.3. The van der Waals surface area contributed by atoms with Crippen molar-refractivity contribution in [3.63, 3.8) is 0 Å². The lowest BCUT2D eigenvalue weighted by Gasteiger charge is -2.10. The number of amides is 1. The lowest BCUT2D eigenvalue weighted by atomic mass is 10.2. The smallest absolute Gasteiger partial charge is 0.234 e. The van der Waals surface area contributed by atoms with Crippen molar-refractivity contribution >= 4 is 39.3 Å². The minimum atomic E-state index is -0.808. The molecule has 6 heteroatoms. The van der Waals surface area contributed by atoms with Crippen LogP contribution in [-0.4, -0.2) is 11.7 Å². The predicted octanol–water partition coefficient (Wildman–Crippen LogP) is 5.07. The van der Waals surface area contributed by atoms with E-state index in [0.29, 0.717) is 0 Å². The van der Waals surface area contributed by atoms with Crippen LogP contribution in [0.3, 0.4) is 0 Å². The summed E-state index contributed by atoms with van der Waals surface area (Å²) >= 11 is 4.42. The summed E-state index contributed by atoms with van der Waals surface area (Å²) in [6.45, 7) is 3.95. The summed E-state index contributed by atoms with van der Waals surface area (Å²) in [7, 11) is 0. The molecule has 0 fully saturated rings. The highest BCUT2D eigenvalue weighted by Crippen LogP contribution is 2.28. The molecule has 1 N–H and O–H groups in total. The van der Waals surface area contributed by atoms with Crippen LogP contribution in [0, 0.1) is 25.5 Å². The van der Waals surface area contributed by atoms with E-state index in [1.165, 1.54) is 11.8 Å². The van der Waals surface area contributed by atoms with Gasteiger partial charge in [-0.3, -0.25) is 4.79 Å². The van der Waals surface area contributed by atoms with Gasteiger partial charge in [-0.05, 0) is 47.5 Å². The number of carbonyl (C=O) groups excluding carboxylic acids is 1. The monoisotopic (exact) mass is 385 g/mol. The van der Waals surface area contributed by atoms with Gasteiger partial charge < -0.3 is 5.32 Å². The van der Waals surface area contributed by atoms with Crippen molar-refractivity contribution in [3.05, 3.63) is 57.6 Å². The normalized spacial score (nSPS) is 10.6. The molecule has 116 valence electrons. The van der Waals surface area contributed by atoms with Crippen LogP contribution in [0.25, 0.3) is 0 Å². The SMILES string of the molecule is Cc1ccc(C)c(SCC(=O)Nc2c(F)cc(F)cc2Br)c1. The minimum Gasteiger partial charge on any atom is -0.322 e. The van der Waals surface area contributed by atoms with Crippen molar-refractivity contribution < 1.29 is 13.6 Å². The summed E-state index contributed by atoms with van der Waals surface area (Å²) < 4.78 is 26.8. The van der Waals surface area contributed by atoms with E-state index in [9.17, 15) is 13.6 Å². The maximum absolute atomic E-state index is 13.7. The van der Waals surface area contributed by atoms with E-state index in [4.69, 9.17) is 0 Å². The van der Waals surface area contributed by atoms with Gasteiger partial charge in [0.15, 0.2) is 5.82 Å². The number of carbonyl (C=O) groups is 1. The molecule has 2 aromatic carbocycles. The maximum Gasteiger partial charge on any atom is 0.234 e. The van der Waals surface area contributed by atoms with Gasteiger partial charge in [0, 0.05) is 15.4 Å². The van der Waals surface area contributed by atoms with Crippen LogP contribution in [0.1, 0.15) is 11.1 Å². The Morgan fingerprint density at radius 2 is 1.95 bits per heavy atom. The van der Waals surface area contributed by atoms with E-state index < -0.39 is 11.6 Å². The molecule has 0 unspecified atom stereocenters. The number of nitrogens with one attached hydrogen (secondary N) is 1. The first-order valence-corrected chi connectivity index (χ1v) is 8.29. The van der Waals surface area contributed by atoms with Gasteiger partial charge in [0.1, 0.15) is 5.82 Å². The number of hydrogen-bond donors (Lipinski definition) is 1. The molecular weight excluding hydrogens is 372 g/mol. The summed E-state index contributed by atoms with van der Waals surface area (Å²) in [4.78, 5) is 13.0. The molecule has 0 saturated heterocycles. The summed E-state index contributed by atoms with van der Waals surface area (Å²) in [5, 5.41) is 2.46. The van der Waals surface area contributed by atoms with E-state index in [1.807, 2.05) is 32.0 Å². The molecule has 2 nitrogen and oxygen atoms in total. The van der Waals surface area contributed by atoms with E-state index >= 15 is 0 Å². The Morgan fingerprint density at radius 3 is 2.64 bits per heavy atom. The topological polar surface area (TPSA) is 29.1 Å². The molecule has 1 amide bonds. The molecule has 0 radical (unpaired) electrons. The number of aryl methyl sites for hydroxylation is 2. The number of thioether (sulfide) groups is 1. The standard InChI is InChI=1S/C16H14BrF2NOS/c1-9-3-4-10(2)14(5-9)22-8-15(21)20-16-12(17)6-11(18)7-13(16)19/h3-7H,8H2,1-2H3,(H,20,21). The fraction of sp³-hybridized carbons (Fsp3) is 0.188. The van der Waals surface area contributed by atoms with Crippen LogP contribution in [0.2, 0.25) is 0 Å². The Labute approximate surface area is 140 Å². The van der Waals surface area contributed by atoms with Crippen LogP contribution in [0.15, 0.2) is 39.7 Å². The van der Waals surface area contributed by atoms with Crippen LogP contribution in [-0.2, 0) is 4.79 Å². The van der Waals surface area contributed by atoms with Gasteiger partial charge in [-0.15, -0.1) is 11.8 Å². The average molecular weight is 386 g/mol. The van der Waals surface area contributed by atoms with Gasteiger partial charge in [0.25, 0.3) is 0 Å².